The second kappa shape index (κ2) is 3.52. The predicted molar refractivity (Wildman–Crippen MR) is 39.0 cm³/mol. The van der Waals surface area contributed by atoms with Gasteiger partial charge < -0.3 is 4.74 Å². The summed E-state index contributed by atoms with van der Waals surface area (Å²) >= 11 is 0. The Morgan fingerprint density at radius 2 is 2.00 bits per heavy atom. The van der Waals surface area contributed by atoms with E-state index in [0.717, 1.165) is 4.31 Å². The Morgan fingerprint density at radius 3 is 2.10 bits per heavy atom. The van der Waals surface area contributed by atoms with E-state index in [1.807, 2.05) is 0 Å². The highest BCUT2D eigenvalue weighted by atomic mass is 35.7. The first-order valence-corrected chi connectivity index (χ1v) is 4.86. The maximum Gasteiger partial charge on any atom is 0.301 e. The normalized spacial score (nSPS) is 15.7. The summed E-state index contributed by atoms with van der Waals surface area (Å²) in [4.78, 5) is 0. The molecule has 0 fully saturated rings. The number of ether oxygens (including phenoxy) is 1. The van der Waals surface area contributed by atoms with Crippen molar-refractivity contribution in [3.05, 3.63) is 0 Å². The molecule has 0 saturated heterocycles. The Bertz CT molecular complexity index is 191. The van der Waals surface area contributed by atoms with Crippen LogP contribution in [0.3, 0.4) is 0 Å². The van der Waals surface area contributed by atoms with Crippen molar-refractivity contribution in [3.63, 3.8) is 0 Å². The van der Waals surface area contributed by atoms with E-state index in [-0.39, 0.29) is 0 Å². The molecule has 0 aromatic rings. The van der Waals surface area contributed by atoms with Gasteiger partial charge in [-0.3, -0.25) is 0 Å². The smallest absolute Gasteiger partial charge is 0.301 e. The predicted octanol–water partition coefficient (Wildman–Crippen LogP) is 0.394. The van der Waals surface area contributed by atoms with Gasteiger partial charge in [0.05, 0.1) is 0 Å². The summed E-state index contributed by atoms with van der Waals surface area (Å²) in [6, 6.07) is 0. The van der Waals surface area contributed by atoms with Gasteiger partial charge in [0.15, 0.2) is 0 Å². The van der Waals surface area contributed by atoms with Crippen LogP contribution in [0, 0.1) is 0 Å². The number of rotatable bonds is 3. The molecular formula is C4H10ClNO3S. The summed E-state index contributed by atoms with van der Waals surface area (Å²) in [6.07, 6.45) is -0.525. The Labute approximate surface area is 65.3 Å². The fourth-order valence-corrected chi connectivity index (χ4v) is 1.10. The van der Waals surface area contributed by atoms with E-state index in [2.05, 4.69) is 0 Å². The van der Waals surface area contributed by atoms with Gasteiger partial charge in [0.2, 0.25) is 0 Å². The van der Waals surface area contributed by atoms with Crippen LogP contribution in [-0.4, -0.2) is 33.1 Å². The minimum absolute atomic E-state index is 0.525. The molecule has 0 amide bonds. The van der Waals surface area contributed by atoms with Crippen LogP contribution in [0.2, 0.25) is 0 Å². The third-order valence-corrected chi connectivity index (χ3v) is 2.84. The zero-order valence-corrected chi connectivity index (χ0v) is 7.61. The first-order valence-electron chi connectivity index (χ1n) is 2.60. The van der Waals surface area contributed by atoms with E-state index < -0.39 is 15.5 Å². The number of nitrogens with zero attached hydrogens (tertiary/aromatic N) is 1. The molecule has 10 heavy (non-hydrogen) atoms. The minimum Gasteiger partial charge on any atom is -0.366 e. The molecule has 0 saturated carbocycles. The van der Waals surface area contributed by atoms with Gasteiger partial charge in [-0.15, -0.1) is 0 Å². The van der Waals surface area contributed by atoms with Gasteiger partial charge >= 0.3 is 9.24 Å². The molecule has 6 heteroatoms. The number of hydrogen-bond acceptors (Lipinski definition) is 3. The van der Waals surface area contributed by atoms with Crippen molar-refractivity contribution < 1.29 is 13.2 Å². The van der Waals surface area contributed by atoms with Crippen molar-refractivity contribution in [1.29, 1.82) is 0 Å². The van der Waals surface area contributed by atoms with Crippen molar-refractivity contribution in [2.45, 2.75) is 13.2 Å². The van der Waals surface area contributed by atoms with Crippen LogP contribution in [0.25, 0.3) is 0 Å². The Hall–Kier alpha value is 0.160. The summed E-state index contributed by atoms with van der Waals surface area (Å²) in [5, 5.41) is 0. The lowest BCUT2D eigenvalue weighted by atomic mass is 10.7. The summed E-state index contributed by atoms with van der Waals surface area (Å²) in [6.45, 7) is 1.58. The number of halogens is 1. The first kappa shape index (κ1) is 10.2. The van der Waals surface area contributed by atoms with Crippen LogP contribution in [0.4, 0.5) is 0 Å². The van der Waals surface area contributed by atoms with Crippen molar-refractivity contribution in [2.75, 3.05) is 14.2 Å². The molecule has 0 rings (SSSR count). The van der Waals surface area contributed by atoms with Gasteiger partial charge in [0.25, 0.3) is 0 Å². The fourth-order valence-electron chi connectivity index (χ4n) is 0.326. The molecule has 1 atom stereocenters. The van der Waals surface area contributed by atoms with Gasteiger partial charge in [0, 0.05) is 24.8 Å². The van der Waals surface area contributed by atoms with Crippen molar-refractivity contribution in [1.82, 2.24) is 4.31 Å². The summed E-state index contributed by atoms with van der Waals surface area (Å²) < 4.78 is 26.7. The van der Waals surface area contributed by atoms with Crippen LogP contribution in [0.5, 0.6) is 0 Å². The highest BCUT2D eigenvalue weighted by Crippen LogP contribution is 2.07. The van der Waals surface area contributed by atoms with Crippen molar-refractivity contribution in [3.8, 4) is 0 Å². The van der Waals surface area contributed by atoms with E-state index in [4.69, 9.17) is 15.4 Å². The lowest BCUT2D eigenvalue weighted by Gasteiger charge is -2.18. The Kier molecular flexibility index (Phi) is 3.58. The van der Waals surface area contributed by atoms with E-state index in [1.165, 1.54) is 14.2 Å². The van der Waals surface area contributed by atoms with Crippen LogP contribution in [0.15, 0.2) is 0 Å². The van der Waals surface area contributed by atoms with E-state index in [0.29, 0.717) is 0 Å². The summed E-state index contributed by atoms with van der Waals surface area (Å²) in [5.74, 6) is 0. The standard InChI is InChI=1S/C4H10ClNO3S/c1-4(9-3)6(2)10(5,7)8/h4H,1-3H3. The first-order chi connectivity index (χ1) is 4.39. The molecule has 4 nitrogen and oxygen atoms in total. The molecule has 0 aliphatic heterocycles. The van der Waals surface area contributed by atoms with E-state index in [1.54, 1.807) is 6.92 Å². The lowest BCUT2D eigenvalue weighted by Crippen LogP contribution is -2.32. The monoisotopic (exact) mass is 187 g/mol. The summed E-state index contributed by atoms with van der Waals surface area (Å²) in [5.41, 5.74) is 0. The Morgan fingerprint density at radius 1 is 1.60 bits per heavy atom. The SMILES string of the molecule is COC(C)N(C)S(=O)(=O)Cl. The average molecular weight is 188 g/mol. The van der Waals surface area contributed by atoms with Crippen LogP contribution in [-0.2, 0) is 14.0 Å². The number of hydrogen-bond donors (Lipinski definition) is 0. The van der Waals surface area contributed by atoms with E-state index >= 15 is 0 Å². The molecule has 0 aliphatic rings. The molecule has 0 heterocycles. The molecule has 0 spiro atoms. The molecule has 1 unspecified atom stereocenters. The van der Waals surface area contributed by atoms with Gasteiger partial charge in [-0.05, 0) is 6.92 Å². The topological polar surface area (TPSA) is 46.6 Å². The number of methoxy groups -OCH3 is 1. The molecular weight excluding hydrogens is 178 g/mol. The minimum atomic E-state index is -3.63. The second-order valence-electron chi connectivity index (χ2n) is 1.79. The average Bonchev–Trinajstić information content (AvgIpc) is 1.83. The molecule has 0 aliphatic carbocycles. The molecule has 0 bridgehead atoms. The maximum atomic E-state index is 10.5. The molecule has 0 aromatic carbocycles. The van der Waals surface area contributed by atoms with Crippen LogP contribution < -0.4 is 0 Å². The van der Waals surface area contributed by atoms with Crippen LogP contribution in [0.1, 0.15) is 6.92 Å². The van der Waals surface area contributed by atoms with Crippen molar-refractivity contribution in [2.24, 2.45) is 0 Å². The third kappa shape index (κ3) is 2.83. The molecule has 0 aromatic heterocycles. The quantitative estimate of drug-likeness (QED) is 0.475. The zero-order chi connectivity index (χ0) is 8.36. The molecule has 0 N–H and O–H groups in total. The van der Waals surface area contributed by atoms with Crippen LogP contribution >= 0.6 is 10.7 Å². The fraction of sp³-hybridized carbons (Fsp3) is 1.00. The van der Waals surface area contributed by atoms with Gasteiger partial charge in [-0.25, -0.2) is 0 Å². The second-order valence-corrected chi connectivity index (χ2v) is 4.36. The highest BCUT2D eigenvalue weighted by Gasteiger charge is 2.19. The van der Waals surface area contributed by atoms with Gasteiger partial charge in [-0.2, -0.15) is 12.7 Å². The largest absolute Gasteiger partial charge is 0.366 e. The Balaban J connectivity index is 4.23. The highest BCUT2D eigenvalue weighted by molar-refractivity contribution is 8.11. The van der Waals surface area contributed by atoms with E-state index in [9.17, 15) is 8.42 Å². The van der Waals surface area contributed by atoms with Crippen molar-refractivity contribution >= 4 is 19.9 Å². The lowest BCUT2D eigenvalue weighted by molar-refractivity contribution is 0.0436. The molecule has 62 valence electrons. The molecule has 0 radical (unpaired) electrons. The summed E-state index contributed by atoms with van der Waals surface area (Å²) in [7, 11) is 4.09. The zero-order valence-electron chi connectivity index (χ0n) is 6.04. The maximum absolute atomic E-state index is 10.5. The third-order valence-electron chi connectivity index (χ3n) is 1.20. The van der Waals surface area contributed by atoms with Gasteiger partial charge in [0.1, 0.15) is 6.23 Å². The van der Waals surface area contributed by atoms with Gasteiger partial charge in [-0.1, -0.05) is 0 Å².